The van der Waals surface area contributed by atoms with Crippen molar-refractivity contribution >= 4 is 0 Å². The lowest BCUT2D eigenvalue weighted by Crippen LogP contribution is -2.11. The molecule has 12 heavy (non-hydrogen) atoms. The standard InChI is InChI=1S/C9H15N3/c1-7-6-12(5-4-10)9(11-7)8-2-3-8/h6,8H,2-5,10H2,1H3. The van der Waals surface area contributed by atoms with E-state index in [1.807, 2.05) is 6.92 Å². The Morgan fingerprint density at radius 3 is 3.00 bits per heavy atom. The molecule has 0 aliphatic heterocycles. The highest BCUT2D eigenvalue weighted by Crippen LogP contribution is 2.39. The van der Waals surface area contributed by atoms with Crippen LogP contribution in [0.25, 0.3) is 0 Å². The molecule has 0 unspecified atom stereocenters. The first-order chi connectivity index (χ1) is 5.81. The van der Waals surface area contributed by atoms with Crippen LogP contribution < -0.4 is 5.73 Å². The predicted molar refractivity (Wildman–Crippen MR) is 48.0 cm³/mol. The minimum Gasteiger partial charge on any atom is -0.333 e. The molecule has 0 atom stereocenters. The summed E-state index contributed by atoms with van der Waals surface area (Å²) in [6.07, 6.45) is 4.71. The van der Waals surface area contributed by atoms with E-state index in [4.69, 9.17) is 5.73 Å². The minimum absolute atomic E-state index is 0.704. The van der Waals surface area contributed by atoms with Crippen LogP contribution in [0.5, 0.6) is 0 Å². The summed E-state index contributed by atoms with van der Waals surface area (Å²) >= 11 is 0. The van der Waals surface area contributed by atoms with Crippen molar-refractivity contribution in [1.82, 2.24) is 9.55 Å². The van der Waals surface area contributed by atoms with Gasteiger partial charge in [0.15, 0.2) is 0 Å². The van der Waals surface area contributed by atoms with E-state index in [0.29, 0.717) is 6.54 Å². The molecule has 0 aromatic carbocycles. The molecule has 0 bridgehead atoms. The van der Waals surface area contributed by atoms with Crippen molar-refractivity contribution in [3.63, 3.8) is 0 Å². The molecule has 1 aromatic rings. The first-order valence-corrected chi connectivity index (χ1v) is 4.55. The van der Waals surface area contributed by atoms with Crippen LogP contribution in [0.3, 0.4) is 0 Å². The van der Waals surface area contributed by atoms with Gasteiger partial charge in [-0.1, -0.05) is 0 Å². The lowest BCUT2D eigenvalue weighted by atomic mass is 10.4. The second kappa shape index (κ2) is 2.90. The van der Waals surface area contributed by atoms with Crippen LogP contribution in [0, 0.1) is 6.92 Å². The minimum atomic E-state index is 0.704. The third-order valence-electron chi connectivity index (χ3n) is 2.24. The third kappa shape index (κ3) is 1.37. The third-order valence-corrected chi connectivity index (χ3v) is 2.24. The van der Waals surface area contributed by atoms with Crippen molar-refractivity contribution in [3.8, 4) is 0 Å². The zero-order chi connectivity index (χ0) is 8.55. The maximum absolute atomic E-state index is 5.51. The second-order valence-corrected chi connectivity index (χ2v) is 3.50. The van der Waals surface area contributed by atoms with E-state index in [2.05, 4.69) is 15.7 Å². The van der Waals surface area contributed by atoms with E-state index in [9.17, 15) is 0 Å². The Kier molecular flexibility index (Phi) is 1.89. The van der Waals surface area contributed by atoms with Gasteiger partial charge in [0.2, 0.25) is 0 Å². The quantitative estimate of drug-likeness (QED) is 0.727. The smallest absolute Gasteiger partial charge is 0.112 e. The average molecular weight is 165 g/mol. The fourth-order valence-electron chi connectivity index (χ4n) is 1.55. The van der Waals surface area contributed by atoms with Crippen molar-refractivity contribution in [1.29, 1.82) is 0 Å². The fourth-order valence-corrected chi connectivity index (χ4v) is 1.55. The fraction of sp³-hybridized carbons (Fsp3) is 0.667. The maximum atomic E-state index is 5.51. The number of imidazole rings is 1. The van der Waals surface area contributed by atoms with Crippen LogP contribution in [0.15, 0.2) is 6.20 Å². The molecule has 0 amide bonds. The Hall–Kier alpha value is -0.830. The molecule has 1 aliphatic carbocycles. The molecular formula is C9H15N3. The van der Waals surface area contributed by atoms with Crippen LogP contribution in [0.2, 0.25) is 0 Å². The monoisotopic (exact) mass is 165 g/mol. The van der Waals surface area contributed by atoms with E-state index >= 15 is 0 Å². The van der Waals surface area contributed by atoms with Crippen molar-refractivity contribution in [2.45, 2.75) is 32.2 Å². The van der Waals surface area contributed by atoms with E-state index in [-0.39, 0.29) is 0 Å². The Labute approximate surface area is 72.6 Å². The van der Waals surface area contributed by atoms with Gasteiger partial charge in [0.25, 0.3) is 0 Å². The molecule has 1 aliphatic rings. The molecule has 1 heterocycles. The molecule has 3 nitrogen and oxygen atoms in total. The molecule has 2 N–H and O–H groups in total. The number of hydrogen-bond acceptors (Lipinski definition) is 2. The van der Waals surface area contributed by atoms with Crippen LogP contribution in [0.1, 0.15) is 30.3 Å². The van der Waals surface area contributed by atoms with Crippen molar-refractivity contribution < 1.29 is 0 Å². The van der Waals surface area contributed by atoms with Crippen LogP contribution in [-0.2, 0) is 6.54 Å². The first-order valence-electron chi connectivity index (χ1n) is 4.55. The van der Waals surface area contributed by atoms with E-state index in [1.54, 1.807) is 0 Å². The summed E-state index contributed by atoms with van der Waals surface area (Å²) in [6.45, 7) is 3.65. The molecule has 2 rings (SSSR count). The van der Waals surface area contributed by atoms with Crippen LogP contribution >= 0.6 is 0 Å². The number of aryl methyl sites for hydroxylation is 1. The molecule has 0 saturated heterocycles. The average Bonchev–Trinajstić information content (AvgIpc) is 2.79. The Balaban J connectivity index is 2.24. The molecule has 1 fully saturated rings. The Morgan fingerprint density at radius 1 is 1.67 bits per heavy atom. The van der Waals surface area contributed by atoms with Gasteiger partial charge in [0.1, 0.15) is 5.82 Å². The molecule has 3 heteroatoms. The zero-order valence-electron chi connectivity index (χ0n) is 7.45. The highest BCUT2D eigenvalue weighted by atomic mass is 15.1. The van der Waals surface area contributed by atoms with Crippen molar-refractivity contribution in [3.05, 3.63) is 17.7 Å². The van der Waals surface area contributed by atoms with E-state index in [1.165, 1.54) is 18.7 Å². The normalized spacial score (nSPS) is 16.8. The molecule has 0 radical (unpaired) electrons. The molecule has 1 saturated carbocycles. The molecular weight excluding hydrogens is 150 g/mol. The highest BCUT2D eigenvalue weighted by Gasteiger charge is 2.28. The topological polar surface area (TPSA) is 43.8 Å². The molecule has 1 aromatic heterocycles. The molecule has 66 valence electrons. The summed E-state index contributed by atoms with van der Waals surface area (Å²) in [4.78, 5) is 4.50. The lowest BCUT2D eigenvalue weighted by molar-refractivity contribution is 0.662. The summed E-state index contributed by atoms with van der Waals surface area (Å²) in [5.74, 6) is 1.98. The van der Waals surface area contributed by atoms with Gasteiger partial charge >= 0.3 is 0 Å². The van der Waals surface area contributed by atoms with Gasteiger partial charge in [-0.2, -0.15) is 0 Å². The largest absolute Gasteiger partial charge is 0.333 e. The van der Waals surface area contributed by atoms with E-state index < -0.39 is 0 Å². The SMILES string of the molecule is Cc1cn(CCN)c(C2CC2)n1. The van der Waals surface area contributed by atoms with Gasteiger partial charge in [-0.15, -0.1) is 0 Å². The Bertz CT molecular complexity index is 273. The Morgan fingerprint density at radius 2 is 2.42 bits per heavy atom. The van der Waals surface area contributed by atoms with Crippen LogP contribution in [0.4, 0.5) is 0 Å². The van der Waals surface area contributed by atoms with Crippen molar-refractivity contribution in [2.75, 3.05) is 6.54 Å². The highest BCUT2D eigenvalue weighted by molar-refractivity contribution is 5.11. The summed E-state index contributed by atoms with van der Waals surface area (Å²) in [5.41, 5.74) is 6.63. The summed E-state index contributed by atoms with van der Waals surface area (Å²) < 4.78 is 2.20. The maximum Gasteiger partial charge on any atom is 0.112 e. The zero-order valence-corrected chi connectivity index (χ0v) is 7.45. The van der Waals surface area contributed by atoms with Gasteiger partial charge in [-0.05, 0) is 19.8 Å². The summed E-state index contributed by atoms with van der Waals surface area (Å²) in [6, 6.07) is 0. The predicted octanol–water partition coefficient (Wildman–Crippen LogP) is 1.03. The van der Waals surface area contributed by atoms with Crippen molar-refractivity contribution in [2.24, 2.45) is 5.73 Å². The number of nitrogens with zero attached hydrogens (tertiary/aromatic N) is 2. The van der Waals surface area contributed by atoms with Crippen LogP contribution in [-0.4, -0.2) is 16.1 Å². The summed E-state index contributed by atoms with van der Waals surface area (Å²) in [7, 11) is 0. The van der Waals surface area contributed by atoms with Gasteiger partial charge in [-0.25, -0.2) is 4.98 Å². The number of aromatic nitrogens is 2. The summed E-state index contributed by atoms with van der Waals surface area (Å²) in [5, 5.41) is 0. The van der Waals surface area contributed by atoms with Gasteiger partial charge in [0.05, 0.1) is 5.69 Å². The van der Waals surface area contributed by atoms with Gasteiger partial charge in [-0.3, -0.25) is 0 Å². The van der Waals surface area contributed by atoms with E-state index in [0.717, 1.165) is 18.2 Å². The lowest BCUT2D eigenvalue weighted by Gasteiger charge is -2.03. The number of hydrogen-bond donors (Lipinski definition) is 1. The second-order valence-electron chi connectivity index (χ2n) is 3.50. The first kappa shape index (κ1) is 7.80. The van der Waals surface area contributed by atoms with Gasteiger partial charge < -0.3 is 10.3 Å². The molecule has 0 spiro atoms. The van der Waals surface area contributed by atoms with Gasteiger partial charge in [0, 0.05) is 25.2 Å². The number of nitrogens with two attached hydrogens (primary N) is 1. The number of rotatable bonds is 3.